The fourth-order valence-corrected chi connectivity index (χ4v) is 4.33. The molecule has 6 nitrogen and oxygen atoms in total. The van der Waals surface area contributed by atoms with Crippen LogP contribution in [0.2, 0.25) is 0 Å². The average molecular weight is 425 g/mol. The fourth-order valence-electron chi connectivity index (χ4n) is 4.33. The third-order valence-corrected chi connectivity index (χ3v) is 6.11. The van der Waals surface area contributed by atoms with Crippen LogP contribution in [0.4, 0.5) is 14.9 Å². The van der Waals surface area contributed by atoms with Crippen molar-refractivity contribution in [2.75, 3.05) is 44.2 Å². The molecule has 0 bridgehead atoms. The van der Waals surface area contributed by atoms with E-state index in [0.717, 1.165) is 26.1 Å². The van der Waals surface area contributed by atoms with Crippen molar-refractivity contribution < 1.29 is 14.0 Å². The molecule has 1 N–H and O–H groups in total. The molecule has 7 heteroatoms. The summed E-state index contributed by atoms with van der Waals surface area (Å²) in [5, 5.41) is 3.17. The van der Waals surface area contributed by atoms with Gasteiger partial charge in [0.05, 0.1) is 5.69 Å². The molecule has 2 heterocycles. The van der Waals surface area contributed by atoms with E-state index in [9.17, 15) is 14.0 Å². The summed E-state index contributed by atoms with van der Waals surface area (Å²) in [6, 6.07) is 15.1. The summed E-state index contributed by atoms with van der Waals surface area (Å²) in [5.41, 5.74) is 2.14. The minimum atomic E-state index is -0.393. The Labute approximate surface area is 182 Å². The molecule has 2 amide bonds. The minimum absolute atomic E-state index is 0.0430. The Morgan fingerprint density at radius 1 is 1.03 bits per heavy atom. The Hall–Kier alpha value is -2.93. The van der Waals surface area contributed by atoms with Crippen molar-refractivity contribution in [2.24, 2.45) is 0 Å². The van der Waals surface area contributed by atoms with Gasteiger partial charge in [0.1, 0.15) is 5.82 Å². The molecule has 2 aromatic rings. The van der Waals surface area contributed by atoms with Gasteiger partial charge >= 0.3 is 6.03 Å². The maximum atomic E-state index is 14.4. The SMILES string of the molecule is CC(=O)c1ccc(N2CCN(C(=O)NC3CCN(Cc4ccccc4)C3)CC2)c(F)c1. The smallest absolute Gasteiger partial charge is 0.317 e. The zero-order valence-corrected chi connectivity index (χ0v) is 17.9. The van der Waals surface area contributed by atoms with E-state index in [1.54, 1.807) is 17.0 Å². The normalized spacial score (nSPS) is 19.5. The van der Waals surface area contributed by atoms with Crippen LogP contribution in [0.1, 0.15) is 29.3 Å². The Kier molecular flexibility index (Phi) is 6.51. The molecular formula is C24H29FN4O2. The molecule has 2 aromatic carbocycles. The number of rotatable bonds is 5. The van der Waals surface area contributed by atoms with Crippen LogP contribution < -0.4 is 10.2 Å². The van der Waals surface area contributed by atoms with E-state index < -0.39 is 5.82 Å². The minimum Gasteiger partial charge on any atom is -0.366 e. The molecule has 2 aliphatic rings. The van der Waals surface area contributed by atoms with Gasteiger partial charge in [-0.15, -0.1) is 0 Å². The topological polar surface area (TPSA) is 55.9 Å². The highest BCUT2D eigenvalue weighted by Gasteiger charge is 2.28. The van der Waals surface area contributed by atoms with Crippen LogP contribution in [0.25, 0.3) is 0 Å². The molecule has 0 spiro atoms. The number of Topliss-reactive ketones (excluding diaryl/α,β-unsaturated/α-hetero) is 1. The van der Waals surface area contributed by atoms with Gasteiger partial charge in [0.25, 0.3) is 0 Å². The number of hydrogen-bond donors (Lipinski definition) is 1. The predicted molar refractivity (Wildman–Crippen MR) is 119 cm³/mol. The van der Waals surface area contributed by atoms with Gasteiger partial charge < -0.3 is 15.1 Å². The molecule has 0 saturated carbocycles. The van der Waals surface area contributed by atoms with Crippen molar-refractivity contribution in [2.45, 2.75) is 25.9 Å². The number of nitrogens with zero attached hydrogens (tertiary/aromatic N) is 3. The van der Waals surface area contributed by atoms with Crippen LogP contribution in [-0.4, -0.2) is 66.9 Å². The lowest BCUT2D eigenvalue weighted by Crippen LogP contribution is -2.54. The average Bonchev–Trinajstić information content (AvgIpc) is 3.21. The number of benzene rings is 2. The Balaban J connectivity index is 1.25. The summed E-state index contributed by atoms with van der Waals surface area (Å²) >= 11 is 0. The van der Waals surface area contributed by atoms with Gasteiger partial charge in [0.2, 0.25) is 0 Å². The van der Waals surface area contributed by atoms with Crippen molar-refractivity contribution in [3.63, 3.8) is 0 Å². The highest BCUT2D eigenvalue weighted by atomic mass is 19.1. The van der Waals surface area contributed by atoms with Gasteiger partial charge in [-0.3, -0.25) is 9.69 Å². The summed E-state index contributed by atoms with van der Waals surface area (Å²) in [4.78, 5) is 30.2. The fraction of sp³-hybridized carbons (Fsp3) is 0.417. The van der Waals surface area contributed by atoms with Crippen LogP contribution in [0, 0.1) is 5.82 Å². The van der Waals surface area contributed by atoms with Crippen LogP contribution in [0.5, 0.6) is 0 Å². The largest absolute Gasteiger partial charge is 0.366 e. The first kappa shape index (κ1) is 21.3. The zero-order chi connectivity index (χ0) is 21.8. The first-order valence-corrected chi connectivity index (χ1v) is 10.9. The van der Waals surface area contributed by atoms with Crippen LogP contribution in [0.15, 0.2) is 48.5 Å². The Bertz CT molecular complexity index is 928. The van der Waals surface area contributed by atoms with Crippen molar-refractivity contribution >= 4 is 17.5 Å². The number of piperazine rings is 1. The van der Waals surface area contributed by atoms with Crippen LogP contribution in [-0.2, 0) is 6.54 Å². The number of anilines is 1. The van der Waals surface area contributed by atoms with Gasteiger partial charge in [0.15, 0.2) is 5.78 Å². The summed E-state index contributed by atoms with van der Waals surface area (Å²) in [5.74, 6) is -0.545. The molecule has 2 fully saturated rings. The zero-order valence-electron chi connectivity index (χ0n) is 17.9. The molecule has 4 rings (SSSR count). The van der Waals surface area contributed by atoms with Gasteiger partial charge in [-0.25, -0.2) is 9.18 Å². The molecule has 31 heavy (non-hydrogen) atoms. The molecule has 1 atom stereocenters. The number of ketones is 1. The van der Waals surface area contributed by atoms with E-state index in [4.69, 9.17) is 0 Å². The van der Waals surface area contributed by atoms with Crippen LogP contribution >= 0.6 is 0 Å². The number of carbonyl (C=O) groups is 2. The summed E-state index contributed by atoms with van der Waals surface area (Å²) in [6.07, 6.45) is 0.951. The third kappa shape index (κ3) is 5.22. The van der Waals surface area contributed by atoms with E-state index >= 15 is 0 Å². The highest BCUT2D eigenvalue weighted by Crippen LogP contribution is 2.22. The number of amides is 2. The number of carbonyl (C=O) groups excluding carboxylic acids is 2. The quantitative estimate of drug-likeness (QED) is 0.750. The molecule has 0 aliphatic carbocycles. The van der Waals surface area contributed by atoms with Gasteiger partial charge in [-0.05, 0) is 37.1 Å². The van der Waals surface area contributed by atoms with Gasteiger partial charge in [-0.1, -0.05) is 30.3 Å². The lowest BCUT2D eigenvalue weighted by atomic mass is 10.1. The van der Waals surface area contributed by atoms with E-state index in [2.05, 4.69) is 22.3 Å². The molecule has 0 aromatic heterocycles. The first-order chi connectivity index (χ1) is 15.0. The molecule has 1 unspecified atom stereocenters. The molecule has 2 saturated heterocycles. The lowest BCUT2D eigenvalue weighted by Gasteiger charge is -2.36. The van der Waals surface area contributed by atoms with Crippen molar-refractivity contribution in [3.05, 3.63) is 65.5 Å². The van der Waals surface area contributed by atoms with Crippen molar-refractivity contribution in [3.8, 4) is 0 Å². The standard InChI is InChI=1S/C24H29FN4O2/c1-18(30)20-7-8-23(22(25)15-20)28-11-13-29(14-12-28)24(31)26-21-9-10-27(17-21)16-19-5-3-2-4-6-19/h2-8,15,21H,9-14,16-17H2,1H3,(H,26,31). The van der Waals surface area contributed by atoms with Crippen molar-refractivity contribution in [1.29, 1.82) is 0 Å². The van der Waals surface area contributed by atoms with E-state index in [1.165, 1.54) is 18.6 Å². The summed E-state index contributed by atoms with van der Waals surface area (Å²) in [6.45, 7) is 6.37. The molecule has 2 aliphatic heterocycles. The maximum Gasteiger partial charge on any atom is 0.317 e. The lowest BCUT2D eigenvalue weighted by molar-refractivity contribution is 0.101. The number of hydrogen-bond acceptors (Lipinski definition) is 4. The monoisotopic (exact) mass is 424 g/mol. The number of likely N-dealkylation sites (tertiary alicyclic amines) is 1. The van der Waals surface area contributed by atoms with Gasteiger partial charge in [0, 0.05) is 57.4 Å². The Morgan fingerprint density at radius 3 is 2.45 bits per heavy atom. The molecular weight excluding hydrogens is 395 g/mol. The second-order valence-corrected chi connectivity index (χ2v) is 8.35. The number of urea groups is 1. The van der Waals surface area contributed by atoms with E-state index in [1.807, 2.05) is 23.1 Å². The van der Waals surface area contributed by atoms with E-state index in [0.29, 0.717) is 37.4 Å². The second kappa shape index (κ2) is 9.47. The summed E-state index contributed by atoms with van der Waals surface area (Å²) in [7, 11) is 0. The Morgan fingerprint density at radius 2 is 1.77 bits per heavy atom. The second-order valence-electron chi connectivity index (χ2n) is 8.35. The predicted octanol–water partition coefficient (Wildman–Crippen LogP) is 3.13. The third-order valence-electron chi connectivity index (χ3n) is 6.11. The highest BCUT2D eigenvalue weighted by molar-refractivity contribution is 5.94. The number of halogens is 1. The van der Waals surface area contributed by atoms with E-state index in [-0.39, 0.29) is 17.9 Å². The maximum absolute atomic E-state index is 14.4. The van der Waals surface area contributed by atoms with Crippen molar-refractivity contribution in [1.82, 2.24) is 15.1 Å². The van der Waals surface area contributed by atoms with Gasteiger partial charge in [-0.2, -0.15) is 0 Å². The number of nitrogens with one attached hydrogen (secondary N) is 1. The molecule has 164 valence electrons. The van der Waals surface area contributed by atoms with Crippen LogP contribution in [0.3, 0.4) is 0 Å². The first-order valence-electron chi connectivity index (χ1n) is 10.9. The summed E-state index contributed by atoms with van der Waals surface area (Å²) < 4.78 is 14.4. The molecule has 0 radical (unpaired) electrons.